The van der Waals surface area contributed by atoms with Crippen LogP contribution >= 0.6 is 0 Å². The van der Waals surface area contributed by atoms with Crippen LogP contribution < -0.4 is 11.1 Å². The molecule has 0 saturated carbocycles. The zero-order valence-electron chi connectivity index (χ0n) is 7.51. The maximum atomic E-state index is 11.0. The van der Waals surface area contributed by atoms with E-state index in [0.29, 0.717) is 0 Å². The van der Waals surface area contributed by atoms with Gasteiger partial charge in [0, 0.05) is 0 Å². The van der Waals surface area contributed by atoms with E-state index < -0.39 is 11.5 Å². The monoisotopic (exact) mass is 174 g/mol. The molecule has 0 spiro atoms. The minimum atomic E-state index is -1.01. The SMILES string of the molecule is COC(=O)C(C)(C)NC(=O)CN. The Labute approximate surface area is 71.3 Å². The summed E-state index contributed by atoms with van der Waals surface area (Å²) in [5, 5.41) is 2.42. The van der Waals surface area contributed by atoms with E-state index in [1.165, 1.54) is 7.11 Å². The van der Waals surface area contributed by atoms with Crippen molar-refractivity contribution >= 4 is 11.9 Å². The highest BCUT2D eigenvalue weighted by atomic mass is 16.5. The molecule has 0 heterocycles. The molecule has 5 heteroatoms. The maximum Gasteiger partial charge on any atom is 0.330 e. The third-order valence-electron chi connectivity index (χ3n) is 1.33. The zero-order valence-corrected chi connectivity index (χ0v) is 7.51. The largest absolute Gasteiger partial charge is 0.467 e. The van der Waals surface area contributed by atoms with Gasteiger partial charge in [-0.2, -0.15) is 0 Å². The average Bonchev–Trinajstić information content (AvgIpc) is 2.02. The number of amides is 1. The molecule has 0 rings (SSSR count). The Morgan fingerprint density at radius 1 is 1.50 bits per heavy atom. The highest BCUT2D eigenvalue weighted by molar-refractivity contribution is 5.87. The van der Waals surface area contributed by atoms with E-state index in [0.717, 1.165) is 0 Å². The molecule has 12 heavy (non-hydrogen) atoms. The molecule has 0 aliphatic heterocycles. The third-order valence-corrected chi connectivity index (χ3v) is 1.33. The summed E-state index contributed by atoms with van der Waals surface area (Å²) in [5.41, 5.74) is 4.05. The Bertz CT molecular complexity index is 189. The van der Waals surface area contributed by atoms with E-state index in [-0.39, 0.29) is 12.5 Å². The van der Waals surface area contributed by atoms with Gasteiger partial charge in [-0.1, -0.05) is 0 Å². The van der Waals surface area contributed by atoms with Gasteiger partial charge < -0.3 is 15.8 Å². The first kappa shape index (κ1) is 10.9. The summed E-state index contributed by atoms with van der Waals surface area (Å²) in [6.45, 7) is 2.96. The number of hydrogen-bond acceptors (Lipinski definition) is 4. The molecule has 0 aliphatic carbocycles. The number of carbonyl (C=O) groups is 2. The van der Waals surface area contributed by atoms with Crippen molar-refractivity contribution in [2.75, 3.05) is 13.7 Å². The number of methoxy groups -OCH3 is 1. The molecule has 5 nitrogen and oxygen atoms in total. The lowest BCUT2D eigenvalue weighted by Gasteiger charge is -2.22. The van der Waals surface area contributed by atoms with Gasteiger partial charge in [0.05, 0.1) is 13.7 Å². The fourth-order valence-corrected chi connectivity index (χ4v) is 0.706. The van der Waals surface area contributed by atoms with E-state index in [1.807, 2.05) is 0 Å². The summed E-state index contributed by atoms with van der Waals surface area (Å²) >= 11 is 0. The number of nitrogens with one attached hydrogen (secondary N) is 1. The van der Waals surface area contributed by atoms with E-state index >= 15 is 0 Å². The lowest BCUT2D eigenvalue weighted by Crippen LogP contribution is -2.52. The second kappa shape index (κ2) is 4.06. The molecule has 0 unspecified atom stereocenters. The number of rotatable bonds is 3. The Balaban J connectivity index is 4.21. The van der Waals surface area contributed by atoms with Gasteiger partial charge in [-0.05, 0) is 13.8 Å². The van der Waals surface area contributed by atoms with Gasteiger partial charge in [0.1, 0.15) is 5.54 Å². The van der Waals surface area contributed by atoms with Gasteiger partial charge >= 0.3 is 5.97 Å². The molecular formula is C7H14N2O3. The molecule has 0 aromatic carbocycles. The third kappa shape index (κ3) is 2.87. The summed E-state index contributed by atoms with van der Waals surface area (Å²) in [5.74, 6) is -0.880. The number of hydrogen-bond donors (Lipinski definition) is 2. The summed E-state index contributed by atoms with van der Waals surface area (Å²) in [6, 6.07) is 0. The summed E-state index contributed by atoms with van der Waals surface area (Å²) in [4.78, 5) is 21.8. The van der Waals surface area contributed by atoms with Crippen LogP contribution in [0.15, 0.2) is 0 Å². The molecule has 0 radical (unpaired) electrons. The van der Waals surface area contributed by atoms with Crippen LogP contribution in [0.5, 0.6) is 0 Å². The van der Waals surface area contributed by atoms with Gasteiger partial charge in [-0.3, -0.25) is 4.79 Å². The average molecular weight is 174 g/mol. The molecule has 3 N–H and O–H groups in total. The topological polar surface area (TPSA) is 81.4 Å². The Hall–Kier alpha value is -1.10. The molecule has 0 saturated heterocycles. The Morgan fingerprint density at radius 2 is 2.00 bits per heavy atom. The fourth-order valence-electron chi connectivity index (χ4n) is 0.706. The lowest BCUT2D eigenvalue weighted by molar-refractivity contribution is -0.149. The molecule has 0 fully saturated rings. The highest BCUT2D eigenvalue weighted by Crippen LogP contribution is 2.03. The van der Waals surface area contributed by atoms with Crippen LogP contribution in [-0.2, 0) is 14.3 Å². The van der Waals surface area contributed by atoms with Crippen molar-refractivity contribution in [1.82, 2.24) is 5.32 Å². The molecule has 0 bridgehead atoms. The Morgan fingerprint density at radius 3 is 2.33 bits per heavy atom. The highest BCUT2D eigenvalue weighted by Gasteiger charge is 2.29. The van der Waals surface area contributed by atoms with Crippen LogP contribution in [0.1, 0.15) is 13.8 Å². The van der Waals surface area contributed by atoms with Gasteiger partial charge in [0.2, 0.25) is 5.91 Å². The van der Waals surface area contributed by atoms with Crippen molar-refractivity contribution in [2.24, 2.45) is 5.73 Å². The van der Waals surface area contributed by atoms with Gasteiger partial charge in [-0.25, -0.2) is 4.79 Å². The number of ether oxygens (including phenoxy) is 1. The normalized spacial score (nSPS) is 10.7. The van der Waals surface area contributed by atoms with Crippen molar-refractivity contribution in [3.8, 4) is 0 Å². The van der Waals surface area contributed by atoms with Crippen LogP contribution in [0.3, 0.4) is 0 Å². The van der Waals surface area contributed by atoms with Gasteiger partial charge in [0.15, 0.2) is 0 Å². The standard InChI is InChI=1S/C7H14N2O3/c1-7(2,6(11)12-3)9-5(10)4-8/h4,8H2,1-3H3,(H,9,10). The fraction of sp³-hybridized carbons (Fsp3) is 0.714. The molecule has 1 amide bonds. The van der Waals surface area contributed by atoms with Crippen molar-refractivity contribution in [3.63, 3.8) is 0 Å². The summed E-state index contributed by atoms with van der Waals surface area (Å²) < 4.78 is 4.47. The first-order valence-corrected chi connectivity index (χ1v) is 3.53. The number of carbonyl (C=O) groups excluding carboxylic acids is 2. The van der Waals surface area contributed by atoms with Crippen LogP contribution in [0, 0.1) is 0 Å². The summed E-state index contributed by atoms with van der Waals surface area (Å²) in [7, 11) is 1.26. The minimum Gasteiger partial charge on any atom is -0.467 e. The predicted molar refractivity (Wildman–Crippen MR) is 43.3 cm³/mol. The van der Waals surface area contributed by atoms with Crippen molar-refractivity contribution < 1.29 is 14.3 Å². The van der Waals surface area contributed by atoms with Crippen LogP contribution in [-0.4, -0.2) is 31.1 Å². The second-order valence-electron chi connectivity index (χ2n) is 2.87. The van der Waals surface area contributed by atoms with Crippen LogP contribution in [0.25, 0.3) is 0 Å². The van der Waals surface area contributed by atoms with E-state index in [2.05, 4.69) is 10.1 Å². The zero-order chi connectivity index (χ0) is 9.78. The van der Waals surface area contributed by atoms with Crippen LogP contribution in [0.4, 0.5) is 0 Å². The molecule has 0 atom stereocenters. The smallest absolute Gasteiger partial charge is 0.330 e. The van der Waals surface area contributed by atoms with Crippen molar-refractivity contribution in [3.05, 3.63) is 0 Å². The predicted octanol–water partition coefficient (Wildman–Crippen LogP) is -0.987. The first-order valence-electron chi connectivity index (χ1n) is 3.53. The molecule has 70 valence electrons. The molecule has 0 aromatic heterocycles. The summed E-state index contributed by atoms with van der Waals surface area (Å²) in [6.07, 6.45) is 0. The van der Waals surface area contributed by atoms with Crippen LogP contribution in [0.2, 0.25) is 0 Å². The first-order chi connectivity index (χ1) is 5.44. The van der Waals surface area contributed by atoms with E-state index in [1.54, 1.807) is 13.8 Å². The number of nitrogens with two attached hydrogens (primary N) is 1. The van der Waals surface area contributed by atoms with Gasteiger partial charge in [-0.15, -0.1) is 0 Å². The molecule has 0 aliphatic rings. The van der Waals surface area contributed by atoms with Crippen molar-refractivity contribution in [1.29, 1.82) is 0 Å². The quantitative estimate of drug-likeness (QED) is 0.538. The maximum absolute atomic E-state index is 11.0. The van der Waals surface area contributed by atoms with Gasteiger partial charge in [0.25, 0.3) is 0 Å². The van der Waals surface area contributed by atoms with E-state index in [4.69, 9.17) is 5.73 Å². The molecular weight excluding hydrogens is 160 g/mol. The Kier molecular flexibility index (Phi) is 3.69. The van der Waals surface area contributed by atoms with E-state index in [9.17, 15) is 9.59 Å². The number of esters is 1. The van der Waals surface area contributed by atoms with Crippen molar-refractivity contribution in [2.45, 2.75) is 19.4 Å². The second-order valence-corrected chi connectivity index (χ2v) is 2.87. The lowest BCUT2D eigenvalue weighted by atomic mass is 10.1. The molecule has 0 aromatic rings. The minimum absolute atomic E-state index is 0.138.